The number of pyridine rings is 1. The summed E-state index contributed by atoms with van der Waals surface area (Å²) >= 11 is 0. The Morgan fingerprint density at radius 3 is 2.85 bits per heavy atom. The molecule has 0 radical (unpaired) electrons. The lowest BCUT2D eigenvalue weighted by Crippen LogP contribution is -2.36. The standard InChI is InChI=1S/C17H21N3/c1-18-16-10-13-20(17-8-3-2-7-15(16)17)12-9-14-6-4-5-11-19-14/h2-8,11,16,18H,9-10,12-13H2,1H3. The summed E-state index contributed by atoms with van der Waals surface area (Å²) in [5, 5.41) is 3.42. The lowest BCUT2D eigenvalue weighted by Gasteiger charge is -2.35. The minimum Gasteiger partial charge on any atom is -0.371 e. The zero-order valence-corrected chi connectivity index (χ0v) is 11.9. The summed E-state index contributed by atoms with van der Waals surface area (Å²) in [5.41, 5.74) is 3.96. The highest BCUT2D eigenvalue weighted by molar-refractivity contribution is 5.57. The molecular weight excluding hydrogens is 246 g/mol. The molecule has 0 fully saturated rings. The van der Waals surface area contributed by atoms with E-state index in [0.29, 0.717) is 6.04 Å². The summed E-state index contributed by atoms with van der Waals surface area (Å²) in [6, 6.07) is 15.3. The average Bonchev–Trinajstić information content (AvgIpc) is 2.53. The maximum absolute atomic E-state index is 4.41. The number of nitrogens with one attached hydrogen (secondary N) is 1. The number of benzene rings is 1. The van der Waals surface area contributed by atoms with Gasteiger partial charge >= 0.3 is 0 Å². The van der Waals surface area contributed by atoms with Crippen molar-refractivity contribution < 1.29 is 0 Å². The van der Waals surface area contributed by atoms with E-state index in [0.717, 1.165) is 25.9 Å². The van der Waals surface area contributed by atoms with Crippen LogP contribution < -0.4 is 10.2 Å². The molecule has 0 spiro atoms. The van der Waals surface area contributed by atoms with E-state index >= 15 is 0 Å². The van der Waals surface area contributed by atoms with Crippen molar-refractivity contribution in [2.24, 2.45) is 0 Å². The molecule has 1 N–H and O–H groups in total. The van der Waals surface area contributed by atoms with Gasteiger partial charge in [-0.1, -0.05) is 24.3 Å². The van der Waals surface area contributed by atoms with Gasteiger partial charge < -0.3 is 10.2 Å². The molecule has 0 saturated carbocycles. The quantitative estimate of drug-likeness (QED) is 0.923. The molecule has 1 aliphatic heterocycles. The number of hydrogen-bond donors (Lipinski definition) is 1. The minimum atomic E-state index is 0.484. The van der Waals surface area contributed by atoms with Gasteiger partial charge in [-0.25, -0.2) is 0 Å². The second kappa shape index (κ2) is 6.06. The zero-order valence-electron chi connectivity index (χ0n) is 11.9. The van der Waals surface area contributed by atoms with E-state index in [1.807, 2.05) is 19.3 Å². The number of para-hydroxylation sites is 1. The van der Waals surface area contributed by atoms with Crippen LogP contribution in [0.2, 0.25) is 0 Å². The van der Waals surface area contributed by atoms with Crippen LogP contribution in [0.1, 0.15) is 23.7 Å². The van der Waals surface area contributed by atoms with Crippen LogP contribution in [0.25, 0.3) is 0 Å². The molecular formula is C17H21N3. The van der Waals surface area contributed by atoms with Crippen LogP contribution in [0, 0.1) is 0 Å². The number of nitrogens with zero attached hydrogens (tertiary/aromatic N) is 2. The van der Waals surface area contributed by atoms with Gasteiger partial charge in [-0.15, -0.1) is 0 Å². The van der Waals surface area contributed by atoms with Gasteiger partial charge in [0.05, 0.1) is 0 Å². The Bertz CT molecular complexity index is 553. The third-order valence-electron chi connectivity index (χ3n) is 4.05. The van der Waals surface area contributed by atoms with E-state index in [2.05, 4.69) is 51.6 Å². The highest BCUT2D eigenvalue weighted by atomic mass is 15.1. The Kier molecular flexibility index (Phi) is 3.97. The molecule has 1 atom stereocenters. The molecule has 2 heterocycles. The van der Waals surface area contributed by atoms with E-state index < -0.39 is 0 Å². The van der Waals surface area contributed by atoms with Crippen LogP contribution in [-0.2, 0) is 6.42 Å². The van der Waals surface area contributed by atoms with Crippen LogP contribution in [0.5, 0.6) is 0 Å². The molecule has 104 valence electrons. The van der Waals surface area contributed by atoms with Gasteiger partial charge in [0, 0.05) is 43.1 Å². The smallest absolute Gasteiger partial charge is 0.0421 e. The van der Waals surface area contributed by atoms with E-state index in [1.165, 1.54) is 16.9 Å². The van der Waals surface area contributed by atoms with Gasteiger partial charge in [-0.05, 0) is 37.2 Å². The largest absolute Gasteiger partial charge is 0.371 e. The molecule has 1 aliphatic rings. The fourth-order valence-corrected chi connectivity index (χ4v) is 2.96. The summed E-state index contributed by atoms with van der Waals surface area (Å²) in [4.78, 5) is 6.90. The molecule has 0 saturated heterocycles. The molecule has 2 aromatic rings. The molecule has 0 amide bonds. The van der Waals surface area contributed by atoms with Gasteiger partial charge in [0.15, 0.2) is 0 Å². The van der Waals surface area contributed by atoms with Crippen LogP contribution >= 0.6 is 0 Å². The van der Waals surface area contributed by atoms with E-state index in [-0.39, 0.29) is 0 Å². The predicted molar refractivity (Wildman–Crippen MR) is 83.0 cm³/mol. The first-order valence-electron chi connectivity index (χ1n) is 7.29. The van der Waals surface area contributed by atoms with Crippen LogP contribution in [-0.4, -0.2) is 25.1 Å². The van der Waals surface area contributed by atoms with E-state index in [9.17, 15) is 0 Å². The summed E-state index contributed by atoms with van der Waals surface area (Å²) in [7, 11) is 2.05. The van der Waals surface area contributed by atoms with Gasteiger partial charge in [-0.3, -0.25) is 4.98 Å². The van der Waals surface area contributed by atoms with Gasteiger partial charge in [0.2, 0.25) is 0 Å². The predicted octanol–water partition coefficient (Wildman–Crippen LogP) is 2.79. The van der Waals surface area contributed by atoms with Crippen molar-refractivity contribution in [1.29, 1.82) is 0 Å². The third kappa shape index (κ3) is 2.68. The fraction of sp³-hybridized carbons (Fsp3) is 0.353. The zero-order chi connectivity index (χ0) is 13.8. The summed E-state index contributed by atoms with van der Waals surface area (Å²) in [6.45, 7) is 2.14. The molecule has 3 heteroatoms. The normalized spacial score (nSPS) is 17.9. The van der Waals surface area contributed by atoms with Crippen molar-refractivity contribution in [3.8, 4) is 0 Å². The van der Waals surface area contributed by atoms with Crippen LogP contribution in [0.15, 0.2) is 48.7 Å². The number of anilines is 1. The highest BCUT2D eigenvalue weighted by Gasteiger charge is 2.23. The Labute approximate surface area is 120 Å². The van der Waals surface area contributed by atoms with Gasteiger partial charge in [0.25, 0.3) is 0 Å². The van der Waals surface area contributed by atoms with Crippen molar-refractivity contribution in [3.05, 3.63) is 59.9 Å². The molecule has 1 aromatic carbocycles. The molecule has 0 aliphatic carbocycles. The van der Waals surface area contributed by atoms with E-state index in [4.69, 9.17) is 0 Å². The summed E-state index contributed by atoms with van der Waals surface area (Å²) in [5.74, 6) is 0. The Morgan fingerprint density at radius 1 is 1.20 bits per heavy atom. The van der Waals surface area contributed by atoms with Crippen molar-refractivity contribution in [3.63, 3.8) is 0 Å². The molecule has 1 unspecified atom stereocenters. The Hall–Kier alpha value is -1.87. The molecule has 0 bridgehead atoms. The van der Waals surface area contributed by atoms with Crippen molar-refractivity contribution in [2.75, 3.05) is 25.0 Å². The third-order valence-corrected chi connectivity index (χ3v) is 4.05. The molecule has 3 rings (SSSR count). The Morgan fingerprint density at radius 2 is 2.05 bits per heavy atom. The summed E-state index contributed by atoms with van der Waals surface area (Å²) < 4.78 is 0. The first-order chi connectivity index (χ1) is 9.88. The first kappa shape index (κ1) is 13.1. The minimum absolute atomic E-state index is 0.484. The summed E-state index contributed by atoms with van der Waals surface area (Å²) in [6.07, 6.45) is 4.03. The maximum Gasteiger partial charge on any atom is 0.0421 e. The first-order valence-corrected chi connectivity index (χ1v) is 7.29. The van der Waals surface area contributed by atoms with Gasteiger partial charge in [-0.2, -0.15) is 0 Å². The van der Waals surface area contributed by atoms with Crippen molar-refractivity contribution >= 4 is 5.69 Å². The van der Waals surface area contributed by atoms with Gasteiger partial charge in [0.1, 0.15) is 0 Å². The SMILES string of the molecule is CNC1CCN(CCc2ccccn2)c2ccccc21. The highest BCUT2D eigenvalue weighted by Crippen LogP contribution is 2.33. The lowest BCUT2D eigenvalue weighted by atomic mass is 9.96. The monoisotopic (exact) mass is 267 g/mol. The van der Waals surface area contributed by atoms with Crippen LogP contribution in [0.3, 0.4) is 0 Å². The Balaban J connectivity index is 1.75. The maximum atomic E-state index is 4.41. The molecule has 20 heavy (non-hydrogen) atoms. The van der Waals surface area contributed by atoms with Crippen LogP contribution in [0.4, 0.5) is 5.69 Å². The molecule has 3 nitrogen and oxygen atoms in total. The topological polar surface area (TPSA) is 28.2 Å². The van der Waals surface area contributed by atoms with E-state index in [1.54, 1.807) is 0 Å². The average molecular weight is 267 g/mol. The van der Waals surface area contributed by atoms with Crippen molar-refractivity contribution in [1.82, 2.24) is 10.3 Å². The fourth-order valence-electron chi connectivity index (χ4n) is 2.96. The number of hydrogen-bond acceptors (Lipinski definition) is 3. The second-order valence-electron chi connectivity index (χ2n) is 5.25. The number of rotatable bonds is 4. The van der Waals surface area contributed by atoms with Crippen molar-refractivity contribution in [2.45, 2.75) is 18.9 Å². The number of aromatic nitrogens is 1. The molecule has 1 aromatic heterocycles. The lowest BCUT2D eigenvalue weighted by molar-refractivity contribution is 0.516. The second-order valence-corrected chi connectivity index (χ2v) is 5.25. The number of fused-ring (bicyclic) bond motifs is 1.